The highest BCUT2D eigenvalue weighted by atomic mass is 32.2. The van der Waals surface area contributed by atoms with E-state index in [9.17, 15) is 17.6 Å². The fourth-order valence-electron chi connectivity index (χ4n) is 3.48. The Balaban J connectivity index is 1.75. The molecule has 31 heavy (non-hydrogen) atoms. The van der Waals surface area contributed by atoms with Gasteiger partial charge >= 0.3 is 0 Å². The summed E-state index contributed by atoms with van der Waals surface area (Å²) in [6.07, 6.45) is 0.421. The SMILES string of the molecule is CCC(=O)N1CCN(c2oc(-c3ccc(F)cc3)nc2S(=O)(=O)c2ccccc2)CC1. The van der Waals surface area contributed by atoms with Crippen molar-refractivity contribution in [3.05, 3.63) is 60.4 Å². The third-order valence-corrected chi connectivity index (χ3v) is 6.87. The van der Waals surface area contributed by atoms with Gasteiger partial charge < -0.3 is 14.2 Å². The Morgan fingerprint density at radius 3 is 2.29 bits per heavy atom. The highest BCUT2D eigenvalue weighted by Crippen LogP contribution is 2.35. The predicted octanol–water partition coefficient (Wildman–Crippen LogP) is 3.37. The number of anilines is 1. The van der Waals surface area contributed by atoms with E-state index in [1.54, 1.807) is 28.0 Å². The zero-order chi connectivity index (χ0) is 22.0. The number of hydrogen-bond donors (Lipinski definition) is 0. The van der Waals surface area contributed by atoms with Crippen LogP contribution in [0.2, 0.25) is 0 Å². The van der Waals surface area contributed by atoms with E-state index in [1.165, 1.54) is 36.4 Å². The number of benzene rings is 2. The van der Waals surface area contributed by atoms with Gasteiger partial charge in [-0.2, -0.15) is 4.98 Å². The summed E-state index contributed by atoms with van der Waals surface area (Å²) in [5.41, 5.74) is 0.469. The smallest absolute Gasteiger partial charge is 0.236 e. The van der Waals surface area contributed by atoms with Crippen LogP contribution in [0.25, 0.3) is 11.5 Å². The van der Waals surface area contributed by atoms with Crippen molar-refractivity contribution in [3.63, 3.8) is 0 Å². The van der Waals surface area contributed by atoms with Crippen molar-refractivity contribution in [2.75, 3.05) is 31.1 Å². The maximum Gasteiger partial charge on any atom is 0.236 e. The maximum absolute atomic E-state index is 13.3. The molecular weight excluding hydrogens is 421 g/mol. The van der Waals surface area contributed by atoms with E-state index >= 15 is 0 Å². The summed E-state index contributed by atoms with van der Waals surface area (Å²) >= 11 is 0. The lowest BCUT2D eigenvalue weighted by Crippen LogP contribution is -2.48. The number of sulfone groups is 1. The summed E-state index contributed by atoms with van der Waals surface area (Å²) in [6, 6.07) is 13.5. The van der Waals surface area contributed by atoms with Gasteiger partial charge in [-0.1, -0.05) is 25.1 Å². The monoisotopic (exact) mass is 443 g/mol. The van der Waals surface area contributed by atoms with Crippen LogP contribution in [0, 0.1) is 5.82 Å². The van der Waals surface area contributed by atoms with Gasteiger partial charge in [0, 0.05) is 38.2 Å². The highest BCUT2D eigenvalue weighted by Gasteiger charge is 2.33. The van der Waals surface area contributed by atoms with Gasteiger partial charge in [-0.3, -0.25) is 4.79 Å². The fourth-order valence-corrected chi connectivity index (χ4v) is 4.83. The molecule has 0 bridgehead atoms. The molecule has 1 amide bonds. The van der Waals surface area contributed by atoms with Crippen LogP contribution in [0.1, 0.15) is 13.3 Å². The van der Waals surface area contributed by atoms with E-state index in [0.717, 1.165) is 0 Å². The number of halogens is 1. The van der Waals surface area contributed by atoms with Crippen molar-refractivity contribution in [1.82, 2.24) is 9.88 Å². The van der Waals surface area contributed by atoms with Crippen LogP contribution in [-0.2, 0) is 14.6 Å². The number of carbonyl (C=O) groups is 1. The lowest BCUT2D eigenvalue weighted by Gasteiger charge is -2.34. The first-order valence-electron chi connectivity index (χ1n) is 9.99. The molecule has 3 aromatic rings. The summed E-state index contributed by atoms with van der Waals surface area (Å²) in [6.45, 7) is 3.57. The lowest BCUT2D eigenvalue weighted by molar-refractivity contribution is -0.131. The first kappa shape index (κ1) is 21.0. The van der Waals surface area contributed by atoms with Crippen LogP contribution in [0.5, 0.6) is 0 Å². The molecule has 0 radical (unpaired) electrons. The van der Waals surface area contributed by atoms with Crippen LogP contribution in [0.3, 0.4) is 0 Å². The molecule has 9 heteroatoms. The van der Waals surface area contributed by atoms with Gasteiger partial charge in [0.1, 0.15) is 5.82 Å². The number of piperazine rings is 1. The van der Waals surface area contributed by atoms with Gasteiger partial charge in [-0.25, -0.2) is 12.8 Å². The van der Waals surface area contributed by atoms with Gasteiger partial charge in [0.2, 0.25) is 32.5 Å². The number of oxazole rings is 1. The van der Waals surface area contributed by atoms with E-state index in [2.05, 4.69) is 4.98 Å². The molecule has 1 saturated heterocycles. The Bertz CT molecular complexity index is 1170. The molecule has 1 aliphatic heterocycles. The first-order chi connectivity index (χ1) is 14.9. The minimum absolute atomic E-state index is 0.0568. The quantitative estimate of drug-likeness (QED) is 0.601. The molecule has 0 unspecified atom stereocenters. The summed E-state index contributed by atoms with van der Waals surface area (Å²) in [5, 5.41) is -0.187. The average Bonchev–Trinajstić information content (AvgIpc) is 3.26. The fraction of sp³-hybridized carbons (Fsp3) is 0.273. The van der Waals surface area contributed by atoms with Crippen molar-refractivity contribution >= 4 is 21.6 Å². The highest BCUT2D eigenvalue weighted by molar-refractivity contribution is 7.91. The number of amides is 1. The van der Waals surface area contributed by atoms with Crippen molar-refractivity contribution < 1.29 is 22.0 Å². The summed E-state index contributed by atoms with van der Waals surface area (Å²) < 4.78 is 45.9. The van der Waals surface area contributed by atoms with Crippen molar-refractivity contribution in [1.29, 1.82) is 0 Å². The molecule has 4 rings (SSSR count). The number of aromatic nitrogens is 1. The third-order valence-electron chi connectivity index (χ3n) is 5.20. The Morgan fingerprint density at radius 1 is 1.03 bits per heavy atom. The second kappa shape index (κ2) is 8.50. The second-order valence-electron chi connectivity index (χ2n) is 7.17. The number of carbonyl (C=O) groups excluding carboxylic acids is 1. The Labute approximate surface area is 180 Å². The van der Waals surface area contributed by atoms with Gasteiger partial charge in [0.05, 0.1) is 4.90 Å². The van der Waals surface area contributed by atoms with Crippen LogP contribution in [0.4, 0.5) is 10.3 Å². The van der Waals surface area contributed by atoms with Crippen LogP contribution >= 0.6 is 0 Å². The Kier molecular flexibility index (Phi) is 5.77. The average molecular weight is 444 g/mol. The van der Waals surface area contributed by atoms with E-state index in [0.29, 0.717) is 38.2 Å². The molecule has 0 atom stereocenters. The van der Waals surface area contributed by atoms with E-state index in [4.69, 9.17) is 4.42 Å². The van der Waals surface area contributed by atoms with Gasteiger partial charge in [-0.05, 0) is 36.4 Å². The predicted molar refractivity (Wildman–Crippen MR) is 113 cm³/mol. The number of nitrogens with zero attached hydrogens (tertiary/aromatic N) is 3. The zero-order valence-electron chi connectivity index (χ0n) is 17.0. The van der Waals surface area contributed by atoms with E-state index < -0.39 is 15.7 Å². The molecule has 0 N–H and O–H groups in total. The molecule has 0 spiro atoms. The van der Waals surface area contributed by atoms with Crippen LogP contribution < -0.4 is 4.90 Å². The molecule has 1 fully saturated rings. The number of rotatable bonds is 5. The molecule has 7 nitrogen and oxygen atoms in total. The van der Waals surface area contributed by atoms with Crippen molar-refractivity contribution in [2.24, 2.45) is 0 Å². The summed E-state index contributed by atoms with van der Waals surface area (Å²) in [4.78, 5) is 19.9. The molecule has 1 aliphatic rings. The molecule has 0 aliphatic carbocycles. The minimum atomic E-state index is -3.95. The number of hydrogen-bond acceptors (Lipinski definition) is 6. The molecule has 162 valence electrons. The standard InChI is InChI=1S/C22H22FN3O4S/c1-2-19(27)25-12-14-26(15-13-25)22-21(31(28,29)18-6-4-3-5-7-18)24-20(30-22)16-8-10-17(23)11-9-16/h3-11H,2,12-15H2,1H3. The molecule has 2 aromatic carbocycles. The normalized spacial score (nSPS) is 14.6. The molecule has 1 aromatic heterocycles. The van der Waals surface area contributed by atoms with E-state index in [-0.39, 0.29) is 27.6 Å². The van der Waals surface area contributed by atoms with Gasteiger partial charge in [-0.15, -0.1) is 0 Å². The largest absolute Gasteiger partial charge is 0.419 e. The van der Waals surface area contributed by atoms with Crippen molar-refractivity contribution in [2.45, 2.75) is 23.3 Å². The summed E-state index contributed by atoms with van der Waals surface area (Å²) in [5.74, 6) is -0.130. The third kappa shape index (κ3) is 4.18. The van der Waals surface area contributed by atoms with Crippen LogP contribution in [-0.4, -0.2) is 50.4 Å². The van der Waals surface area contributed by atoms with Crippen LogP contribution in [0.15, 0.2) is 68.9 Å². The maximum atomic E-state index is 13.3. The first-order valence-corrected chi connectivity index (χ1v) is 11.5. The van der Waals surface area contributed by atoms with E-state index in [1.807, 2.05) is 6.92 Å². The lowest BCUT2D eigenvalue weighted by atomic mass is 10.2. The molecule has 0 saturated carbocycles. The molecular formula is C22H22FN3O4S. The van der Waals surface area contributed by atoms with Crippen molar-refractivity contribution in [3.8, 4) is 11.5 Å². The van der Waals surface area contributed by atoms with Gasteiger partial charge in [0.25, 0.3) is 0 Å². The Morgan fingerprint density at radius 2 is 1.68 bits per heavy atom. The minimum Gasteiger partial charge on any atom is -0.419 e. The topological polar surface area (TPSA) is 83.7 Å². The second-order valence-corrected chi connectivity index (χ2v) is 9.04. The Hall–Kier alpha value is -3.20. The van der Waals surface area contributed by atoms with Gasteiger partial charge in [0.15, 0.2) is 0 Å². The summed E-state index contributed by atoms with van der Waals surface area (Å²) in [7, 11) is -3.95. The molecule has 2 heterocycles. The zero-order valence-corrected chi connectivity index (χ0v) is 17.8.